The molecule has 0 fully saturated rings. The highest BCUT2D eigenvalue weighted by Crippen LogP contribution is 2.22. The summed E-state index contributed by atoms with van der Waals surface area (Å²) < 4.78 is 27.9. The van der Waals surface area contributed by atoms with Gasteiger partial charge in [0.25, 0.3) is 10.0 Å². The van der Waals surface area contributed by atoms with Gasteiger partial charge >= 0.3 is 0 Å². The second-order valence-corrected chi connectivity index (χ2v) is 8.66. The second-order valence-electron chi connectivity index (χ2n) is 6.98. The lowest BCUT2D eigenvalue weighted by molar-refractivity contribution is -0.116. The normalized spacial score (nSPS) is 11.1. The van der Waals surface area contributed by atoms with Crippen LogP contribution in [0.3, 0.4) is 0 Å². The van der Waals surface area contributed by atoms with E-state index in [1.807, 2.05) is 56.3 Å². The first kappa shape index (κ1) is 20.6. The van der Waals surface area contributed by atoms with Gasteiger partial charge in [0.1, 0.15) is 0 Å². The van der Waals surface area contributed by atoms with Crippen LogP contribution < -0.4 is 10.0 Å². The zero-order valence-corrected chi connectivity index (χ0v) is 17.3. The quantitative estimate of drug-likeness (QED) is 0.596. The molecule has 3 rings (SSSR count). The monoisotopic (exact) mass is 408 g/mol. The number of carbonyl (C=O) groups is 1. The van der Waals surface area contributed by atoms with E-state index in [9.17, 15) is 13.2 Å². The van der Waals surface area contributed by atoms with Gasteiger partial charge in [-0.05, 0) is 67.3 Å². The first-order valence-corrected chi connectivity index (χ1v) is 10.9. The molecule has 0 saturated carbocycles. The molecule has 0 aliphatic carbocycles. The molecule has 0 radical (unpaired) electrons. The van der Waals surface area contributed by atoms with Crippen molar-refractivity contribution >= 4 is 27.3 Å². The Bertz CT molecular complexity index is 1090. The number of amides is 1. The van der Waals surface area contributed by atoms with Gasteiger partial charge in [0.2, 0.25) is 5.91 Å². The van der Waals surface area contributed by atoms with Crippen molar-refractivity contribution in [2.75, 3.05) is 10.0 Å². The van der Waals surface area contributed by atoms with Crippen LogP contribution in [0, 0.1) is 13.8 Å². The molecule has 150 valence electrons. The zero-order valence-electron chi connectivity index (χ0n) is 16.5. The van der Waals surface area contributed by atoms with Gasteiger partial charge in [-0.2, -0.15) is 0 Å². The summed E-state index contributed by atoms with van der Waals surface area (Å²) in [5, 5.41) is 2.80. The minimum Gasteiger partial charge on any atom is -0.326 e. The molecular formula is C23H24N2O3S. The van der Waals surface area contributed by atoms with Crippen LogP contribution >= 0.6 is 0 Å². The Morgan fingerprint density at radius 1 is 0.897 bits per heavy atom. The summed E-state index contributed by atoms with van der Waals surface area (Å²) in [6.45, 7) is 3.76. The smallest absolute Gasteiger partial charge is 0.261 e. The second kappa shape index (κ2) is 8.92. The van der Waals surface area contributed by atoms with Gasteiger partial charge in [-0.15, -0.1) is 0 Å². The Morgan fingerprint density at radius 3 is 2.28 bits per heavy atom. The van der Waals surface area contributed by atoms with E-state index in [0.29, 0.717) is 24.2 Å². The number of nitrogens with one attached hydrogen (secondary N) is 2. The first-order valence-electron chi connectivity index (χ1n) is 9.37. The lowest BCUT2D eigenvalue weighted by Gasteiger charge is -2.12. The maximum Gasteiger partial charge on any atom is 0.261 e. The lowest BCUT2D eigenvalue weighted by Crippen LogP contribution is -2.15. The van der Waals surface area contributed by atoms with E-state index >= 15 is 0 Å². The van der Waals surface area contributed by atoms with Gasteiger partial charge in [-0.1, -0.05) is 42.5 Å². The van der Waals surface area contributed by atoms with E-state index in [4.69, 9.17) is 0 Å². The fourth-order valence-electron chi connectivity index (χ4n) is 2.89. The molecule has 6 heteroatoms. The number of rotatable bonds is 7. The summed E-state index contributed by atoms with van der Waals surface area (Å²) in [6, 6.07) is 21.6. The lowest BCUT2D eigenvalue weighted by atomic mass is 10.1. The van der Waals surface area contributed by atoms with Gasteiger partial charge in [0.15, 0.2) is 0 Å². The highest BCUT2D eigenvalue weighted by Gasteiger charge is 2.15. The largest absolute Gasteiger partial charge is 0.326 e. The highest BCUT2D eigenvalue weighted by molar-refractivity contribution is 7.92. The molecule has 5 nitrogen and oxygen atoms in total. The molecule has 0 heterocycles. The SMILES string of the molecule is Cc1ccc(C)c(NS(=O)(=O)c2ccc(NC(=O)CCc3ccccc3)cc2)c1. The van der Waals surface area contributed by atoms with E-state index in [1.165, 1.54) is 12.1 Å². The molecule has 0 aliphatic rings. The van der Waals surface area contributed by atoms with Crippen LogP contribution in [-0.4, -0.2) is 14.3 Å². The molecule has 0 saturated heterocycles. The van der Waals surface area contributed by atoms with E-state index in [2.05, 4.69) is 10.0 Å². The third-order valence-electron chi connectivity index (χ3n) is 4.57. The Balaban J connectivity index is 1.63. The van der Waals surface area contributed by atoms with Crippen molar-refractivity contribution in [2.24, 2.45) is 0 Å². The Morgan fingerprint density at radius 2 is 1.59 bits per heavy atom. The number of hydrogen-bond donors (Lipinski definition) is 2. The summed E-state index contributed by atoms with van der Waals surface area (Å²) in [5.74, 6) is -0.113. The fraction of sp³-hybridized carbons (Fsp3) is 0.174. The number of aryl methyl sites for hydroxylation is 3. The summed E-state index contributed by atoms with van der Waals surface area (Å²) in [7, 11) is -3.71. The van der Waals surface area contributed by atoms with Gasteiger partial charge < -0.3 is 5.32 Å². The molecule has 1 amide bonds. The number of benzene rings is 3. The molecule has 2 N–H and O–H groups in total. The van der Waals surface area contributed by atoms with Crippen molar-refractivity contribution in [1.29, 1.82) is 0 Å². The molecule has 0 unspecified atom stereocenters. The predicted octanol–water partition coefficient (Wildman–Crippen LogP) is 4.68. The molecule has 3 aromatic rings. The maximum absolute atomic E-state index is 12.7. The summed E-state index contributed by atoms with van der Waals surface area (Å²) in [5.41, 5.74) is 4.04. The fourth-order valence-corrected chi connectivity index (χ4v) is 4.01. The van der Waals surface area contributed by atoms with Crippen molar-refractivity contribution < 1.29 is 13.2 Å². The van der Waals surface area contributed by atoms with Gasteiger partial charge in [0, 0.05) is 12.1 Å². The molecule has 0 bridgehead atoms. The van der Waals surface area contributed by atoms with Crippen molar-refractivity contribution in [1.82, 2.24) is 0 Å². The Kier molecular flexibility index (Phi) is 6.34. The molecule has 0 atom stereocenters. The van der Waals surface area contributed by atoms with Crippen LogP contribution in [0.1, 0.15) is 23.1 Å². The minimum atomic E-state index is -3.71. The highest BCUT2D eigenvalue weighted by atomic mass is 32.2. The molecule has 0 spiro atoms. The molecule has 0 aromatic heterocycles. The summed E-state index contributed by atoms with van der Waals surface area (Å²) >= 11 is 0. The summed E-state index contributed by atoms with van der Waals surface area (Å²) in [4.78, 5) is 12.3. The average Bonchev–Trinajstić information content (AvgIpc) is 2.70. The Labute approximate surface area is 171 Å². The number of hydrogen-bond acceptors (Lipinski definition) is 3. The van der Waals surface area contributed by atoms with Crippen LogP contribution in [0.15, 0.2) is 77.7 Å². The van der Waals surface area contributed by atoms with E-state index < -0.39 is 10.0 Å². The van der Waals surface area contributed by atoms with Crippen LogP contribution in [0.2, 0.25) is 0 Å². The molecule has 29 heavy (non-hydrogen) atoms. The number of carbonyl (C=O) groups excluding carboxylic acids is 1. The van der Waals surface area contributed by atoms with E-state index in [-0.39, 0.29) is 10.8 Å². The number of anilines is 2. The molecule has 0 aliphatic heterocycles. The standard InChI is InChI=1S/C23H24N2O3S/c1-17-8-9-18(2)22(16-17)25-29(27,28)21-13-11-20(12-14-21)24-23(26)15-10-19-6-4-3-5-7-19/h3-9,11-14,16,25H,10,15H2,1-2H3,(H,24,26). The van der Waals surface area contributed by atoms with Crippen LogP contribution in [0.25, 0.3) is 0 Å². The minimum absolute atomic E-state index is 0.113. The summed E-state index contributed by atoms with van der Waals surface area (Å²) in [6.07, 6.45) is 1.01. The van der Waals surface area contributed by atoms with E-state index in [1.54, 1.807) is 18.2 Å². The first-order chi connectivity index (χ1) is 13.8. The van der Waals surface area contributed by atoms with Crippen LogP contribution in [0.5, 0.6) is 0 Å². The van der Waals surface area contributed by atoms with Crippen molar-refractivity contribution in [2.45, 2.75) is 31.6 Å². The maximum atomic E-state index is 12.7. The molecular weight excluding hydrogens is 384 g/mol. The molecule has 3 aromatic carbocycles. The average molecular weight is 409 g/mol. The Hall–Kier alpha value is -3.12. The zero-order chi connectivity index (χ0) is 20.9. The predicted molar refractivity (Wildman–Crippen MR) is 117 cm³/mol. The van der Waals surface area contributed by atoms with Crippen molar-refractivity contribution in [3.63, 3.8) is 0 Å². The van der Waals surface area contributed by atoms with Crippen LogP contribution in [0.4, 0.5) is 11.4 Å². The van der Waals surface area contributed by atoms with Gasteiger partial charge in [-0.3, -0.25) is 9.52 Å². The number of sulfonamides is 1. The van der Waals surface area contributed by atoms with Gasteiger partial charge in [-0.25, -0.2) is 8.42 Å². The topological polar surface area (TPSA) is 75.3 Å². The third kappa shape index (κ3) is 5.68. The van der Waals surface area contributed by atoms with Crippen molar-refractivity contribution in [3.8, 4) is 0 Å². The van der Waals surface area contributed by atoms with Gasteiger partial charge in [0.05, 0.1) is 10.6 Å². The van der Waals surface area contributed by atoms with Crippen molar-refractivity contribution in [3.05, 3.63) is 89.5 Å². The van der Waals surface area contributed by atoms with Crippen LogP contribution in [-0.2, 0) is 21.2 Å². The van der Waals surface area contributed by atoms with E-state index in [0.717, 1.165) is 16.7 Å². The third-order valence-corrected chi connectivity index (χ3v) is 5.95.